The predicted octanol–water partition coefficient (Wildman–Crippen LogP) is -1.21. The van der Waals surface area contributed by atoms with E-state index in [2.05, 4.69) is 9.05 Å². The summed E-state index contributed by atoms with van der Waals surface area (Å²) in [5, 5.41) is 0. The molecule has 0 aliphatic rings. The first-order chi connectivity index (χ1) is 2.83. The van der Waals surface area contributed by atoms with Gasteiger partial charge in [-0.05, 0) is 0 Å². The topological polar surface area (TPSA) is 63.1 Å². The molecule has 0 aromatic carbocycles. The van der Waals surface area contributed by atoms with Crippen LogP contribution in [0.3, 0.4) is 0 Å². The van der Waals surface area contributed by atoms with Gasteiger partial charge in [-0.2, -0.15) is 0 Å². The zero-order valence-corrected chi connectivity index (χ0v) is 8.21. The monoisotopic (exact) mass is 150 g/mol. The van der Waals surface area contributed by atoms with Crippen LogP contribution in [0, 0.1) is 7.43 Å². The molecule has 6 heteroatoms. The molecule has 0 aliphatic carbocycles. The van der Waals surface area contributed by atoms with Gasteiger partial charge in [-0.25, -0.2) is 0 Å². The van der Waals surface area contributed by atoms with E-state index in [-0.39, 0.29) is 14.9 Å². The largest absolute Gasteiger partial charge is 4.00 e. The van der Waals surface area contributed by atoms with E-state index < -0.39 is 0 Å². The molecule has 48 valence electrons. The molecule has 0 amide bonds. The van der Waals surface area contributed by atoms with E-state index in [1.165, 1.54) is 0 Å². The Morgan fingerprint density at radius 2 is 1.00 bits per heavy atom. The van der Waals surface area contributed by atoms with E-state index in [9.17, 15) is 0 Å². The fourth-order valence-electron chi connectivity index (χ4n) is 0. The molecule has 0 aliphatic heterocycles. The van der Waals surface area contributed by atoms with Gasteiger partial charge in [0.25, 0.3) is 0 Å². The summed E-state index contributed by atoms with van der Waals surface area (Å²) in [6.07, 6.45) is 0. The van der Waals surface area contributed by atoms with Crippen molar-refractivity contribution in [3.63, 3.8) is 0 Å². The summed E-state index contributed by atoms with van der Waals surface area (Å²) in [6.45, 7) is 0. The Bertz CT molecular complexity index is 18.0. The van der Waals surface area contributed by atoms with Gasteiger partial charge in [-0.1, -0.05) is 7.43 Å². The van der Waals surface area contributed by atoms with Crippen LogP contribution < -0.4 is 0 Å². The predicted molar refractivity (Wildman–Crippen MR) is 38.7 cm³/mol. The van der Waals surface area contributed by atoms with Crippen molar-refractivity contribution in [1.29, 1.82) is 0 Å². The second kappa shape index (κ2) is 55.4. The van der Waals surface area contributed by atoms with Gasteiger partial charge >= 0.3 is 7.43 Å². The number of nitrogens with zero attached hydrogens (tertiary/aromatic N) is 2. The summed E-state index contributed by atoms with van der Waals surface area (Å²) in [5.41, 5.74) is 0. The molecule has 0 fully saturated rings. The Kier molecular flexibility index (Phi) is 166. The molecule has 0 aromatic heterocycles. The second-order valence-corrected chi connectivity index (χ2v) is 1.10. The van der Waals surface area contributed by atoms with Gasteiger partial charge < -0.3 is 20.8 Å². The molecule has 0 unspecified atom stereocenters. The number of hydrogen-bond donors (Lipinski definition) is 0. The summed E-state index contributed by atoms with van der Waals surface area (Å²) < 4.78 is 6.78. The third-order valence-electron chi connectivity index (χ3n) is 0. The van der Waals surface area contributed by atoms with Crippen molar-refractivity contribution in [2.75, 3.05) is 0 Å². The fourth-order valence-corrected chi connectivity index (χ4v) is 0. The third-order valence-corrected chi connectivity index (χ3v) is 0. The first-order valence-electron chi connectivity index (χ1n) is 1.18. The zero-order chi connectivity index (χ0) is 5.41. The van der Waals surface area contributed by atoms with Crippen LogP contribution in [0.25, 0.3) is 11.8 Å². The zero-order valence-electron chi connectivity index (χ0n) is 4.21. The molecule has 4 nitrogen and oxygen atoms in total. The molecule has 0 bridgehead atoms. The molecule has 0 saturated heterocycles. The summed E-state index contributed by atoms with van der Waals surface area (Å²) in [6, 6.07) is 0. The molecule has 8 heavy (non-hydrogen) atoms. The Balaban J connectivity index is -0.0000000160. The molecule has 0 rings (SSSR count). The Morgan fingerprint density at radius 3 is 1.00 bits per heavy atom. The molecular weight excluding hydrogens is 140 g/mol. The molecule has 0 saturated carbocycles. The first kappa shape index (κ1) is 24.0. The maximum atomic E-state index is 7.13. The van der Waals surface area contributed by atoms with Crippen LogP contribution >= 0.6 is 0 Å². The van der Waals surface area contributed by atoms with Gasteiger partial charge in [0, 0.05) is 0 Å². The Hall–Kier alpha value is 0.274. The van der Waals surface area contributed by atoms with Crippen LogP contribution in [0.2, 0.25) is 0 Å². The standard InChI is InChI=1S/CH4.C.2H3NOSi/c;;2*1-2-3/h1H4;;2*3H3/q;+4;2*-2. The molecule has 0 N–H and O–H groups in total. The molecule has 0 atom stereocenters. The third kappa shape index (κ3) is 2330. The number of rotatable bonds is 0. The summed E-state index contributed by atoms with van der Waals surface area (Å²) in [5.74, 6) is 14.3. The molecular formula is C2H10N2O2Si2. The van der Waals surface area contributed by atoms with Crippen molar-refractivity contribution >= 4 is 21.0 Å². The quantitative estimate of drug-likeness (QED) is 0.321. The van der Waals surface area contributed by atoms with Crippen LogP contribution in [0.4, 0.5) is 0 Å². The first-order valence-corrected chi connectivity index (χ1v) is 2.81. The van der Waals surface area contributed by atoms with E-state index in [0.717, 1.165) is 0 Å². The average Bonchev–Trinajstić information content (AvgIpc) is 1.39. The van der Waals surface area contributed by atoms with Gasteiger partial charge in [0.2, 0.25) is 0 Å². The van der Waals surface area contributed by atoms with Gasteiger partial charge in [-0.15, -0.1) is 0 Å². The van der Waals surface area contributed by atoms with E-state index >= 15 is 0 Å². The van der Waals surface area contributed by atoms with Crippen LogP contribution in [-0.4, -0.2) is 21.0 Å². The maximum Gasteiger partial charge on any atom is 4.00 e. The van der Waals surface area contributed by atoms with Crippen LogP contribution in [0.1, 0.15) is 7.43 Å². The molecule has 0 radical (unpaired) electrons. The van der Waals surface area contributed by atoms with E-state index in [1.54, 1.807) is 0 Å². The minimum absolute atomic E-state index is 0. The van der Waals surface area contributed by atoms with Crippen LogP contribution in [-0.2, 0) is 9.05 Å². The Labute approximate surface area is 57.5 Å². The SMILES string of the molecule is C.[C+4].[N-2]O[SiH3].[N-2]O[SiH3]. The summed E-state index contributed by atoms with van der Waals surface area (Å²) in [7, 11) is 0.849. The maximum absolute atomic E-state index is 7.13. The van der Waals surface area contributed by atoms with Crippen molar-refractivity contribution in [3.05, 3.63) is 19.2 Å². The van der Waals surface area contributed by atoms with Crippen molar-refractivity contribution in [2.24, 2.45) is 0 Å². The van der Waals surface area contributed by atoms with Gasteiger partial charge in [0.15, 0.2) is 0 Å². The summed E-state index contributed by atoms with van der Waals surface area (Å²) in [4.78, 5) is 0. The van der Waals surface area contributed by atoms with Crippen LogP contribution in [0.15, 0.2) is 0 Å². The van der Waals surface area contributed by atoms with Crippen LogP contribution in [0.5, 0.6) is 0 Å². The molecule has 0 heterocycles. The second-order valence-electron chi connectivity index (χ2n) is 0.365. The van der Waals surface area contributed by atoms with Crippen molar-refractivity contribution in [2.45, 2.75) is 7.43 Å². The van der Waals surface area contributed by atoms with E-state index in [0.29, 0.717) is 21.0 Å². The van der Waals surface area contributed by atoms with E-state index in [1.807, 2.05) is 0 Å². The van der Waals surface area contributed by atoms with Crippen molar-refractivity contribution in [3.8, 4) is 0 Å². The Morgan fingerprint density at radius 1 is 1.00 bits per heavy atom. The number of hydrogen-bond acceptors (Lipinski definition) is 2. The fraction of sp³-hybridized carbons (Fsp3) is 0.500. The molecule has 0 spiro atoms. The molecule has 0 aromatic rings. The van der Waals surface area contributed by atoms with Gasteiger partial charge in [0.1, 0.15) is 0 Å². The minimum atomic E-state index is 0. The van der Waals surface area contributed by atoms with Gasteiger partial charge in [-0.3, -0.25) is 0 Å². The van der Waals surface area contributed by atoms with Crippen molar-refractivity contribution in [1.82, 2.24) is 0 Å². The van der Waals surface area contributed by atoms with Gasteiger partial charge in [0.05, 0.1) is 21.0 Å². The normalized spacial score (nSPS) is 5.25. The smallest absolute Gasteiger partial charge is 1.44 e. The summed E-state index contributed by atoms with van der Waals surface area (Å²) >= 11 is 0. The van der Waals surface area contributed by atoms with Crippen molar-refractivity contribution < 1.29 is 9.05 Å². The van der Waals surface area contributed by atoms with E-state index in [4.69, 9.17) is 11.8 Å². The minimum Gasteiger partial charge on any atom is -1.44 e. The average molecular weight is 150 g/mol.